The zero-order valence-electron chi connectivity index (χ0n) is 25.0. The van der Waals surface area contributed by atoms with E-state index in [0.717, 1.165) is 49.3 Å². The van der Waals surface area contributed by atoms with Gasteiger partial charge in [-0.25, -0.2) is 4.98 Å². The Morgan fingerprint density at radius 3 is 2.33 bits per heavy atom. The van der Waals surface area contributed by atoms with E-state index in [9.17, 15) is 9.59 Å². The Kier molecular flexibility index (Phi) is 10.6. The first-order chi connectivity index (χ1) is 21.1. The highest BCUT2D eigenvalue weighted by molar-refractivity contribution is 5.96. The molecule has 0 atom stereocenters. The Balaban J connectivity index is 1.41. The van der Waals surface area contributed by atoms with Gasteiger partial charge in [0.15, 0.2) is 6.61 Å². The maximum Gasteiger partial charge on any atom is 0.264 e. The van der Waals surface area contributed by atoms with Crippen LogP contribution in [0.2, 0.25) is 0 Å². The second-order valence-corrected chi connectivity index (χ2v) is 11.1. The highest BCUT2D eigenvalue weighted by atomic mass is 16.5. The molecule has 3 aromatic carbocycles. The third-order valence-corrected chi connectivity index (χ3v) is 7.86. The summed E-state index contributed by atoms with van der Waals surface area (Å²) >= 11 is 0. The van der Waals surface area contributed by atoms with Crippen molar-refractivity contribution >= 4 is 17.5 Å². The SMILES string of the molecule is Cc1cccc2c1N(C(=O)COc1ccccc1)CCCN(Cc1ccccc1)CCCN(C(=O)CCn1ccnc1)C2. The van der Waals surface area contributed by atoms with Crippen LogP contribution in [-0.4, -0.2) is 64.0 Å². The van der Waals surface area contributed by atoms with Gasteiger partial charge in [-0.05, 0) is 48.6 Å². The van der Waals surface area contributed by atoms with Crippen LogP contribution in [0.5, 0.6) is 5.75 Å². The summed E-state index contributed by atoms with van der Waals surface area (Å²) in [6.45, 7) is 6.76. The second-order valence-electron chi connectivity index (χ2n) is 11.1. The molecule has 0 aliphatic carbocycles. The maximum atomic E-state index is 13.8. The highest BCUT2D eigenvalue weighted by Crippen LogP contribution is 2.28. The average molecular weight is 580 g/mol. The summed E-state index contributed by atoms with van der Waals surface area (Å²) in [5.74, 6) is 0.668. The molecule has 2 amide bonds. The Morgan fingerprint density at radius 2 is 1.58 bits per heavy atom. The topological polar surface area (TPSA) is 70.9 Å². The Morgan fingerprint density at radius 1 is 0.837 bits per heavy atom. The minimum atomic E-state index is -0.0935. The number of aromatic nitrogens is 2. The van der Waals surface area contributed by atoms with Gasteiger partial charge >= 0.3 is 0 Å². The van der Waals surface area contributed by atoms with Crippen LogP contribution in [0.1, 0.15) is 36.0 Å². The summed E-state index contributed by atoms with van der Waals surface area (Å²) in [5.41, 5.74) is 4.13. The van der Waals surface area contributed by atoms with Crippen LogP contribution in [0, 0.1) is 6.92 Å². The lowest BCUT2D eigenvalue weighted by Crippen LogP contribution is -2.41. The molecule has 2 heterocycles. The minimum Gasteiger partial charge on any atom is -0.484 e. The molecule has 8 heteroatoms. The van der Waals surface area contributed by atoms with Gasteiger partial charge in [-0.2, -0.15) is 0 Å². The Hall–Kier alpha value is -4.43. The van der Waals surface area contributed by atoms with Gasteiger partial charge in [0.05, 0.1) is 12.0 Å². The number of fused-ring (bicyclic) bond motifs is 1. The van der Waals surface area contributed by atoms with Crippen molar-refractivity contribution in [1.29, 1.82) is 0 Å². The number of carbonyl (C=O) groups excluding carboxylic acids is 2. The first-order valence-corrected chi connectivity index (χ1v) is 15.1. The van der Waals surface area contributed by atoms with Crippen LogP contribution in [-0.2, 0) is 29.2 Å². The molecule has 4 aromatic rings. The van der Waals surface area contributed by atoms with Gasteiger partial charge in [0, 0.05) is 64.6 Å². The van der Waals surface area contributed by atoms with Crippen LogP contribution in [0.15, 0.2) is 97.6 Å². The van der Waals surface area contributed by atoms with Crippen molar-refractivity contribution in [2.24, 2.45) is 0 Å². The smallest absolute Gasteiger partial charge is 0.264 e. The fourth-order valence-electron chi connectivity index (χ4n) is 5.68. The molecular formula is C35H41N5O3. The van der Waals surface area contributed by atoms with Gasteiger partial charge in [0.1, 0.15) is 5.75 Å². The second kappa shape index (κ2) is 15.2. The molecule has 0 spiro atoms. The number of para-hydroxylation sites is 2. The van der Waals surface area contributed by atoms with E-state index < -0.39 is 0 Å². The molecule has 1 aromatic heterocycles. The quantitative estimate of drug-likeness (QED) is 0.283. The van der Waals surface area contributed by atoms with Crippen molar-refractivity contribution in [2.45, 2.75) is 45.8 Å². The molecule has 224 valence electrons. The van der Waals surface area contributed by atoms with E-state index in [2.05, 4.69) is 34.1 Å². The lowest BCUT2D eigenvalue weighted by molar-refractivity contribution is -0.132. The number of anilines is 1. The largest absolute Gasteiger partial charge is 0.484 e. The molecule has 0 saturated carbocycles. The number of hydrogen-bond donors (Lipinski definition) is 0. The van der Waals surface area contributed by atoms with E-state index in [4.69, 9.17) is 4.74 Å². The van der Waals surface area contributed by atoms with Gasteiger partial charge in [-0.3, -0.25) is 14.5 Å². The van der Waals surface area contributed by atoms with Gasteiger partial charge in [-0.1, -0.05) is 66.7 Å². The van der Waals surface area contributed by atoms with Gasteiger partial charge < -0.3 is 19.1 Å². The predicted molar refractivity (Wildman–Crippen MR) is 169 cm³/mol. The molecule has 8 nitrogen and oxygen atoms in total. The third kappa shape index (κ3) is 8.55. The maximum absolute atomic E-state index is 13.8. The molecule has 1 aliphatic rings. The fourth-order valence-corrected chi connectivity index (χ4v) is 5.68. The normalized spacial score (nSPS) is 14.8. The fraction of sp³-hybridized carbons (Fsp3) is 0.343. The molecule has 43 heavy (non-hydrogen) atoms. The van der Waals surface area contributed by atoms with E-state index in [1.807, 2.05) is 82.1 Å². The summed E-state index contributed by atoms with van der Waals surface area (Å²) in [5, 5.41) is 0. The van der Waals surface area contributed by atoms with Gasteiger partial charge in [0.25, 0.3) is 5.91 Å². The number of carbonyl (C=O) groups is 2. The van der Waals surface area contributed by atoms with E-state index in [-0.39, 0.29) is 18.4 Å². The average Bonchev–Trinajstić information content (AvgIpc) is 3.55. The van der Waals surface area contributed by atoms with Crippen molar-refractivity contribution in [2.75, 3.05) is 37.7 Å². The number of amides is 2. The standard InChI is InChI=1S/C35H41N5O3/c1-29-11-8-14-31-26-39(33(41)17-23-38-24-18-36-28-38)21-9-19-37(25-30-12-4-2-5-13-30)20-10-22-40(35(29)31)34(42)27-43-32-15-6-3-7-16-32/h2-8,11-16,18,24,28H,9-10,17,19-23,25-27H2,1H3. The minimum absolute atomic E-state index is 0.0565. The zero-order valence-corrected chi connectivity index (χ0v) is 25.0. The number of hydrogen-bond acceptors (Lipinski definition) is 5. The van der Waals surface area contributed by atoms with Crippen molar-refractivity contribution in [3.63, 3.8) is 0 Å². The number of nitrogens with zero attached hydrogens (tertiary/aromatic N) is 5. The number of ether oxygens (including phenoxy) is 1. The predicted octanol–water partition coefficient (Wildman–Crippen LogP) is 5.32. The summed E-state index contributed by atoms with van der Waals surface area (Å²) in [6.07, 6.45) is 7.44. The van der Waals surface area contributed by atoms with Crippen LogP contribution >= 0.6 is 0 Å². The van der Waals surface area contributed by atoms with E-state index in [1.54, 1.807) is 12.5 Å². The number of aryl methyl sites for hydroxylation is 2. The van der Waals surface area contributed by atoms with Crippen molar-refractivity contribution in [3.05, 3.63) is 114 Å². The molecule has 0 bridgehead atoms. The van der Waals surface area contributed by atoms with Crippen LogP contribution in [0.25, 0.3) is 0 Å². The number of imidazole rings is 1. The monoisotopic (exact) mass is 579 g/mol. The molecule has 0 radical (unpaired) electrons. The molecule has 0 unspecified atom stereocenters. The van der Waals surface area contributed by atoms with E-state index in [0.29, 0.717) is 38.3 Å². The molecule has 0 saturated heterocycles. The Labute approximate surface area is 254 Å². The Bertz CT molecular complexity index is 1440. The zero-order chi connectivity index (χ0) is 29.9. The van der Waals surface area contributed by atoms with Gasteiger partial charge in [-0.15, -0.1) is 0 Å². The van der Waals surface area contributed by atoms with E-state index in [1.165, 1.54) is 5.56 Å². The number of benzene rings is 3. The molecule has 0 N–H and O–H groups in total. The number of rotatable bonds is 8. The van der Waals surface area contributed by atoms with Crippen molar-refractivity contribution in [3.8, 4) is 5.75 Å². The highest BCUT2D eigenvalue weighted by Gasteiger charge is 2.25. The molecule has 5 rings (SSSR count). The lowest BCUT2D eigenvalue weighted by Gasteiger charge is -2.32. The van der Waals surface area contributed by atoms with Crippen LogP contribution in [0.3, 0.4) is 0 Å². The van der Waals surface area contributed by atoms with Crippen molar-refractivity contribution in [1.82, 2.24) is 19.4 Å². The first-order valence-electron chi connectivity index (χ1n) is 15.1. The summed E-state index contributed by atoms with van der Waals surface area (Å²) < 4.78 is 7.83. The molecule has 1 aliphatic heterocycles. The summed E-state index contributed by atoms with van der Waals surface area (Å²) in [4.78, 5) is 37.8. The molecular weight excluding hydrogens is 538 g/mol. The molecule has 0 fully saturated rings. The first kappa shape index (κ1) is 30.0. The summed E-state index contributed by atoms with van der Waals surface area (Å²) in [7, 11) is 0. The van der Waals surface area contributed by atoms with Gasteiger partial charge in [0.2, 0.25) is 5.91 Å². The third-order valence-electron chi connectivity index (χ3n) is 7.86. The van der Waals surface area contributed by atoms with Crippen LogP contribution in [0.4, 0.5) is 5.69 Å². The lowest BCUT2D eigenvalue weighted by atomic mass is 10.0. The van der Waals surface area contributed by atoms with Crippen molar-refractivity contribution < 1.29 is 14.3 Å². The van der Waals surface area contributed by atoms with Crippen LogP contribution < -0.4 is 9.64 Å². The van der Waals surface area contributed by atoms with E-state index >= 15 is 0 Å². The summed E-state index contributed by atoms with van der Waals surface area (Å²) in [6, 6.07) is 26.0.